The molecule has 0 atom stereocenters. The first-order valence-corrected chi connectivity index (χ1v) is 8.70. The molecule has 0 N–H and O–H groups in total. The van der Waals surface area contributed by atoms with E-state index >= 15 is 0 Å². The number of nitrogens with zero attached hydrogens (tertiary/aromatic N) is 3. The SMILES string of the molecule is [O]=[Tc+]=[O].[c-]1ccc(Sc2cccc3cccnc23)c2nonc12. The zero-order valence-corrected chi connectivity index (χ0v) is 14.1. The predicted molar refractivity (Wildman–Crippen MR) is 77.9 cm³/mol. The van der Waals surface area contributed by atoms with Crippen molar-refractivity contribution in [3.8, 4) is 0 Å². The van der Waals surface area contributed by atoms with Gasteiger partial charge in [-0.1, -0.05) is 28.3 Å². The molecule has 0 saturated heterocycles. The monoisotopic (exact) mass is 407 g/mol. The molecule has 0 amide bonds. The Labute approximate surface area is 142 Å². The average molecular weight is 408 g/mol. The van der Waals surface area contributed by atoms with Gasteiger partial charge in [-0.25, -0.2) is 0 Å². The Hall–Kier alpha value is -2.15. The van der Waals surface area contributed by atoms with Crippen molar-refractivity contribution in [2.45, 2.75) is 9.79 Å². The van der Waals surface area contributed by atoms with E-state index in [1.165, 1.54) is 0 Å². The Morgan fingerprint density at radius 2 is 1.78 bits per heavy atom. The van der Waals surface area contributed by atoms with Crippen LogP contribution in [0.3, 0.4) is 0 Å². The van der Waals surface area contributed by atoms with Crippen molar-refractivity contribution in [3.05, 3.63) is 54.7 Å². The van der Waals surface area contributed by atoms with E-state index in [9.17, 15) is 0 Å². The van der Waals surface area contributed by atoms with Crippen molar-refractivity contribution >= 4 is 33.7 Å². The first-order valence-electron chi connectivity index (χ1n) is 6.37. The van der Waals surface area contributed by atoms with E-state index in [-0.39, 0.29) is 0 Å². The van der Waals surface area contributed by atoms with E-state index in [4.69, 9.17) is 11.6 Å². The van der Waals surface area contributed by atoms with Gasteiger partial charge in [0.2, 0.25) is 0 Å². The van der Waals surface area contributed by atoms with Gasteiger partial charge in [0, 0.05) is 27.5 Å². The van der Waals surface area contributed by atoms with E-state index < -0.39 is 17.6 Å². The topological polar surface area (TPSA) is 86.0 Å². The molecule has 114 valence electrons. The molecular weight excluding hydrogens is 400 g/mol. The molecule has 2 aromatic carbocycles. The fourth-order valence-electron chi connectivity index (χ4n) is 2.08. The van der Waals surface area contributed by atoms with Crippen LogP contribution in [-0.4, -0.2) is 15.3 Å². The maximum Gasteiger partial charge on any atom is 0.0840 e. The fraction of sp³-hybridized carbons (Fsp3) is 0. The number of hydrogen-bond acceptors (Lipinski definition) is 7. The van der Waals surface area contributed by atoms with Gasteiger partial charge in [0.25, 0.3) is 0 Å². The molecule has 4 aromatic rings. The van der Waals surface area contributed by atoms with E-state index in [0.717, 1.165) is 26.2 Å². The van der Waals surface area contributed by atoms with Crippen LogP contribution in [0.1, 0.15) is 0 Å². The Kier molecular flexibility index (Phi) is 5.07. The maximum absolute atomic E-state index is 8.48. The normalized spacial score (nSPS) is 10.3. The summed E-state index contributed by atoms with van der Waals surface area (Å²) in [6.45, 7) is 0. The predicted octanol–water partition coefficient (Wildman–Crippen LogP) is 3.48. The van der Waals surface area contributed by atoms with Crippen LogP contribution in [0.15, 0.2) is 63.1 Å². The summed E-state index contributed by atoms with van der Waals surface area (Å²) in [5.41, 5.74) is 2.35. The average Bonchev–Trinajstić information content (AvgIpc) is 3.06. The first-order chi connectivity index (χ1) is 11.3. The Balaban J connectivity index is 0.000000485. The zero-order chi connectivity index (χ0) is 16.1. The largest absolute Gasteiger partial charge is 0.259 e. The number of fused-ring (bicyclic) bond motifs is 2. The molecule has 0 aliphatic carbocycles. The number of pyridine rings is 1. The molecule has 0 aliphatic heterocycles. The van der Waals surface area contributed by atoms with E-state index in [0.29, 0.717) is 5.52 Å². The molecule has 0 unspecified atom stereocenters. The quantitative estimate of drug-likeness (QED) is 0.470. The molecular formula is C15H8N3O3STc. The number of aromatic nitrogens is 3. The molecule has 0 bridgehead atoms. The Morgan fingerprint density at radius 3 is 2.65 bits per heavy atom. The molecule has 6 nitrogen and oxygen atoms in total. The zero-order valence-electron chi connectivity index (χ0n) is 11.5. The summed E-state index contributed by atoms with van der Waals surface area (Å²) in [5, 5.41) is 8.87. The molecule has 4 rings (SSSR count). The van der Waals surface area contributed by atoms with Crippen LogP contribution in [-0.2, 0) is 24.6 Å². The molecule has 0 radical (unpaired) electrons. The van der Waals surface area contributed by atoms with Crippen LogP contribution in [0.4, 0.5) is 0 Å². The second-order valence-corrected chi connectivity index (χ2v) is 5.69. The van der Waals surface area contributed by atoms with Gasteiger partial charge in [-0.05, 0) is 12.1 Å². The minimum atomic E-state index is -1.91. The molecule has 0 fully saturated rings. The van der Waals surface area contributed by atoms with Gasteiger partial charge in [0.15, 0.2) is 0 Å². The van der Waals surface area contributed by atoms with Crippen molar-refractivity contribution < 1.29 is 29.2 Å². The van der Waals surface area contributed by atoms with Crippen LogP contribution in [0.2, 0.25) is 0 Å². The van der Waals surface area contributed by atoms with E-state index in [1.54, 1.807) is 18.0 Å². The van der Waals surface area contributed by atoms with Crippen LogP contribution in [0, 0.1) is 6.07 Å². The summed E-state index contributed by atoms with van der Waals surface area (Å²) in [5.74, 6) is 0. The van der Waals surface area contributed by atoms with Gasteiger partial charge in [-0.3, -0.25) is 9.61 Å². The van der Waals surface area contributed by atoms with Crippen molar-refractivity contribution in [2.24, 2.45) is 0 Å². The molecule has 0 aliphatic rings. The van der Waals surface area contributed by atoms with Gasteiger partial charge in [0.05, 0.1) is 5.52 Å². The molecule has 2 aromatic heterocycles. The van der Waals surface area contributed by atoms with Gasteiger partial charge in [-0.15, -0.1) is 16.9 Å². The Bertz CT molecular complexity index is 994. The second kappa shape index (κ2) is 7.41. The van der Waals surface area contributed by atoms with Crippen molar-refractivity contribution in [1.82, 2.24) is 15.3 Å². The minimum Gasteiger partial charge on any atom is -0.259 e. The van der Waals surface area contributed by atoms with Gasteiger partial charge >= 0.3 is 24.6 Å². The van der Waals surface area contributed by atoms with E-state index in [2.05, 4.69) is 39.6 Å². The molecule has 0 saturated carbocycles. The Morgan fingerprint density at radius 1 is 1.00 bits per heavy atom. The summed E-state index contributed by atoms with van der Waals surface area (Å²) in [6.07, 6.45) is 1.80. The third kappa shape index (κ3) is 3.44. The van der Waals surface area contributed by atoms with Crippen LogP contribution < -0.4 is 0 Å². The van der Waals surface area contributed by atoms with Crippen molar-refractivity contribution in [3.63, 3.8) is 0 Å². The molecule has 8 heteroatoms. The van der Waals surface area contributed by atoms with Gasteiger partial charge < -0.3 is 0 Å². The maximum atomic E-state index is 8.48. The second-order valence-electron chi connectivity index (χ2n) is 4.30. The number of hydrogen-bond donors (Lipinski definition) is 0. The summed E-state index contributed by atoms with van der Waals surface area (Å²) in [6, 6.07) is 16.9. The van der Waals surface area contributed by atoms with Crippen molar-refractivity contribution in [1.29, 1.82) is 0 Å². The van der Waals surface area contributed by atoms with Crippen LogP contribution >= 0.6 is 11.8 Å². The minimum absolute atomic E-state index is 0.642. The fourth-order valence-corrected chi connectivity index (χ4v) is 3.10. The molecule has 0 spiro atoms. The van der Waals surface area contributed by atoms with Crippen molar-refractivity contribution in [2.75, 3.05) is 0 Å². The van der Waals surface area contributed by atoms with Crippen LogP contribution in [0.25, 0.3) is 21.9 Å². The number of benzene rings is 2. The van der Waals surface area contributed by atoms with Gasteiger partial charge in [-0.2, -0.15) is 18.2 Å². The first kappa shape index (κ1) is 15.7. The summed E-state index contributed by atoms with van der Waals surface area (Å²) < 4.78 is 21.7. The number of para-hydroxylation sites is 1. The van der Waals surface area contributed by atoms with E-state index in [1.807, 2.05) is 24.3 Å². The molecule has 2 heterocycles. The smallest absolute Gasteiger partial charge is 0.0840 e. The molecule has 23 heavy (non-hydrogen) atoms. The summed E-state index contributed by atoms with van der Waals surface area (Å²) >= 11 is -0.304. The van der Waals surface area contributed by atoms with Crippen LogP contribution in [0.5, 0.6) is 0 Å². The standard InChI is InChI=1S/C15H8N3OS.2O.Tc/c1-4-10-5-3-9-16-14(10)12(7-1)20-13-8-2-6-11-15(13)18-19-17-11;;;/h1-5,7-9H;;;/q-1;;;+1. The third-order valence-electron chi connectivity index (χ3n) is 2.99. The summed E-state index contributed by atoms with van der Waals surface area (Å²) in [7, 11) is 0. The third-order valence-corrected chi connectivity index (χ3v) is 4.09. The van der Waals surface area contributed by atoms with Gasteiger partial charge in [0.1, 0.15) is 0 Å². The summed E-state index contributed by atoms with van der Waals surface area (Å²) in [4.78, 5) is 6.52. The number of rotatable bonds is 2.